The van der Waals surface area contributed by atoms with Crippen LogP contribution in [0.2, 0.25) is 5.02 Å². The highest BCUT2D eigenvalue weighted by Gasteiger charge is 2.22. The number of nitrogens with two attached hydrogens (primary N) is 1. The highest BCUT2D eigenvalue weighted by atomic mass is 35.5. The molecule has 3 N–H and O–H groups in total. The first kappa shape index (κ1) is 14.2. The van der Waals surface area contributed by atoms with Gasteiger partial charge in [-0.25, -0.2) is 4.39 Å². The van der Waals surface area contributed by atoms with E-state index in [9.17, 15) is 4.39 Å². The molecule has 1 aromatic rings. The molecule has 0 bridgehead atoms. The molecule has 96 valence electrons. The van der Waals surface area contributed by atoms with E-state index in [1.807, 2.05) is 6.92 Å². The van der Waals surface area contributed by atoms with Crippen molar-refractivity contribution in [2.75, 3.05) is 25.6 Å². The number of benzene rings is 1. The van der Waals surface area contributed by atoms with Gasteiger partial charge in [0.2, 0.25) is 0 Å². The Bertz CT molecular complexity index is 376. The van der Waals surface area contributed by atoms with Crippen LogP contribution in [0.1, 0.15) is 13.3 Å². The van der Waals surface area contributed by atoms with Crippen LogP contribution in [0, 0.1) is 5.82 Å². The minimum Gasteiger partial charge on any atom is -0.385 e. The lowest BCUT2D eigenvalue weighted by Gasteiger charge is -2.30. The number of rotatable bonds is 6. The lowest BCUT2D eigenvalue weighted by atomic mass is 9.98. The monoisotopic (exact) mass is 260 g/mol. The van der Waals surface area contributed by atoms with E-state index in [0.717, 1.165) is 0 Å². The van der Waals surface area contributed by atoms with Crippen molar-refractivity contribution < 1.29 is 9.13 Å². The molecule has 0 radical (unpaired) electrons. The minimum absolute atomic E-state index is 0.331. The van der Waals surface area contributed by atoms with Gasteiger partial charge in [-0.2, -0.15) is 0 Å². The highest BCUT2D eigenvalue weighted by Crippen LogP contribution is 2.26. The molecule has 0 aliphatic rings. The Labute approximate surface area is 106 Å². The fourth-order valence-electron chi connectivity index (χ4n) is 1.46. The van der Waals surface area contributed by atoms with E-state index in [4.69, 9.17) is 22.1 Å². The molecule has 1 atom stereocenters. The summed E-state index contributed by atoms with van der Waals surface area (Å²) in [7, 11) is 1.63. The first-order valence-electron chi connectivity index (χ1n) is 5.43. The first-order valence-corrected chi connectivity index (χ1v) is 5.81. The van der Waals surface area contributed by atoms with Crippen molar-refractivity contribution in [3.63, 3.8) is 0 Å². The molecular formula is C12H18ClFN2O. The van der Waals surface area contributed by atoms with Gasteiger partial charge < -0.3 is 15.8 Å². The number of anilines is 1. The predicted octanol–water partition coefficient (Wildman–Crippen LogP) is 2.64. The Kier molecular flexibility index (Phi) is 5.18. The van der Waals surface area contributed by atoms with E-state index in [0.29, 0.717) is 30.3 Å². The average Bonchev–Trinajstić information content (AvgIpc) is 2.31. The smallest absolute Gasteiger partial charge is 0.125 e. The van der Waals surface area contributed by atoms with Crippen molar-refractivity contribution in [1.29, 1.82) is 0 Å². The molecule has 0 aromatic heterocycles. The van der Waals surface area contributed by atoms with Crippen molar-refractivity contribution in [3.8, 4) is 0 Å². The van der Waals surface area contributed by atoms with Gasteiger partial charge in [-0.05, 0) is 31.5 Å². The van der Waals surface area contributed by atoms with Crippen LogP contribution in [0.25, 0.3) is 0 Å². The van der Waals surface area contributed by atoms with Crippen LogP contribution < -0.4 is 11.1 Å². The number of hydrogen-bond donors (Lipinski definition) is 2. The molecule has 0 aliphatic heterocycles. The molecule has 17 heavy (non-hydrogen) atoms. The maximum Gasteiger partial charge on any atom is 0.125 e. The molecule has 5 heteroatoms. The first-order chi connectivity index (χ1) is 8.00. The Balaban J connectivity index is 2.82. The second-order valence-electron chi connectivity index (χ2n) is 4.26. The number of halogens is 2. The number of nitrogens with one attached hydrogen (secondary N) is 1. The summed E-state index contributed by atoms with van der Waals surface area (Å²) in [6.45, 7) is 2.93. The van der Waals surface area contributed by atoms with E-state index in [1.165, 1.54) is 18.2 Å². The van der Waals surface area contributed by atoms with E-state index in [-0.39, 0.29) is 11.4 Å². The third-order valence-electron chi connectivity index (χ3n) is 2.67. The molecule has 1 aromatic carbocycles. The molecule has 0 amide bonds. The van der Waals surface area contributed by atoms with E-state index < -0.39 is 0 Å². The van der Waals surface area contributed by atoms with Gasteiger partial charge in [0.15, 0.2) is 0 Å². The normalized spacial score (nSPS) is 14.4. The van der Waals surface area contributed by atoms with Crippen molar-refractivity contribution in [3.05, 3.63) is 29.0 Å². The van der Waals surface area contributed by atoms with Gasteiger partial charge >= 0.3 is 0 Å². The van der Waals surface area contributed by atoms with Gasteiger partial charge in [0.25, 0.3) is 0 Å². The van der Waals surface area contributed by atoms with Gasteiger partial charge in [0.05, 0.1) is 10.7 Å². The largest absolute Gasteiger partial charge is 0.385 e. The van der Waals surface area contributed by atoms with Gasteiger partial charge in [-0.3, -0.25) is 0 Å². The third kappa shape index (κ3) is 4.15. The maximum atomic E-state index is 13.1. The molecule has 1 unspecified atom stereocenters. The summed E-state index contributed by atoms with van der Waals surface area (Å²) in [4.78, 5) is 0. The van der Waals surface area contributed by atoms with Gasteiger partial charge in [-0.15, -0.1) is 0 Å². The summed E-state index contributed by atoms with van der Waals surface area (Å²) in [5.74, 6) is -0.331. The molecule has 1 rings (SSSR count). The van der Waals surface area contributed by atoms with Crippen LogP contribution in [0.3, 0.4) is 0 Å². The zero-order valence-electron chi connectivity index (χ0n) is 10.1. The zero-order valence-corrected chi connectivity index (χ0v) is 10.9. The fraction of sp³-hybridized carbons (Fsp3) is 0.500. The molecule has 0 saturated heterocycles. The Morgan fingerprint density at radius 1 is 1.53 bits per heavy atom. The summed E-state index contributed by atoms with van der Waals surface area (Å²) in [6.07, 6.45) is 0.715. The van der Waals surface area contributed by atoms with Crippen LogP contribution in [0.5, 0.6) is 0 Å². The fourth-order valence-corrected chi connectivity index (χ4v) is 1.63. The van der Waals surface area contributed by atoms with E-state index >= 15 is 0 Å². The van der Waals surface area contributed by atoms with Crippen molar-refractivity contribution in [1.82, 2.24) is 0 Å². The van der Waals surface area contributed by atoms with Gasteiger partial charge in [0.1, 0.15) is 5.82 Å². The molecule has 0 spiro atoms. The van der Waals surface area contributed by atoms with Crippen molar-refractivity contribution in [2.24, 2.45) is 5.73 Å². The SMILES string of the molecule is COCCC(C)(CN)Nc1cc(F)ccc1Cl. The topological polar surface area (TPSA) is 47.3 Å². The minimum atomic E-state index is -0.368. The summed E-state index contributed by atoms with van der Waals surface area (Å²) < 4.78 is 18.2. The van der Waals surface area contributed by atoms with Gasteiger partial charge in [0, 0.05) is 25.8 Å². The second kappa shape index (κ2) is 6.19. The van der Waals surface area contributed by atoms with Crippen molar-refractivity contribution in [2.45, 2.75) is 18.9 Å². The van der Waals surface area contributed by atoms with Crippen LogP contribution in [0.15, 0.2) is 18.2 Å². The molecule has 3 nitrogen and oxygen atoms in total. The standard InChI is InChI=1S/C12H18ClFN2O/c1-12(8-15,5-6-17-2)16-11-7-9(14)3-4-10(11)13/h3-4,7,16H,5-6,8,15H2,1-2H3. The Morgan fingerprint density at radius 2 is 2.24 bits per heavy atom. The van der Waals surface area contributed by atoms with Crippen LogP contribution >= 0.6 is 11.6 Å². The lowest BCUT2D eigenvalue weighted by Crippen LogP contribution is -2.43. The molecule has 0 heterocycles. The quantitative estimate of drug-likeness (QED) is 0.827. The van der Waals surface area contributed by atoms with Crippen LogP contribution in [-0.4, -0.2) is 25.8 Å². The summed E-state index contributed by atoms with van der Waals surface area (Å²) in [6, 6.07) is 4.21. The third-order valence-corrected chi connectivity index (χ3v) is 3.00. The van der Waals surface area contributed by atoms with E-state index in [1.54, 1.807) is 7.11 Å². The van der Waals surface area contributed by atoms with E-state index in [2.05, 4.69) is 5.32 Å². The summed E-state index contributed by atoms with van der Waals surface area (Å²) in [5.41, 5.74) is 5.91. The second-order valence-corrected chi connectivity index (χ2v) is 4.66. The van der Waals surface area contributed by atoms with Crippen LogP contribution in [0.4, 0.5) is 10.1 Å². The number of hydrogen-bond acceptors (Lipinski definition) is 3. The molecular weight excluding hydrogens is 243 g/mol. The Hall–Kier alpha value is -0.840. The van der Waals surface area contributed by atoms with Crippen LogP contribution in [-0.2, 0) is 4.74 Å². The lowest BCUT2D eigenvalue weighted by molar-refractivity contribution is 0.177. The summed E-state index contributed by atoms with van der Waals surface area (Å²) >= 11 is 5.99. The molecule has 0 fully saturated rings. The molecule has 0 aliphatic carbocycles. The zero-order chi connectivity index (χ0) is 12.9. The molecule has 0 saturated carbocycles. The van der Waals surface area contributed by atoms with Gasteiger partial charge in [-0.1, -0.05) is 11.6 Å². The summed E-state index contributed by atoms with van der Waals surface area (Å²) in [5, 5.41) is 3.65. The van der Waals surface area contributed by atoms with Crippen molar-refractivity contribution >= 4 is 17.3 Å². The predicted molar refractivity (Wildman–Crippen MR) is 69.0 cm³/mol. The highest BCUT2D eigenvalue weighted by molar-refractivity contribution is 6.33. The maximum absolute atomic E-state index is 13.1. The number of methoxy groups -OCH3 is 1. The Morgan fingerprint density at radius 3 is 2.82 bits per heavy atom. The number of ether oxygens (including phenoxy) is 1. The average molecular weight is 261 g/mol.